The summed E-state index contributed by atoms with van der Waals surface area (Å²) in [6.07, 6.45) is -21.3. The van der Waals surface area contributed by atoms with E-state index in [1.54, 1.807) is 13.8 Å². The van der Waals surface area contributed by atoms with Gasteiger partial charge in [0, 0.05) is 62.5 Å². The molecule has 0 saturated carbocycles. The highest BCUT2D eigenvalue weighted by atomic mass is 33.1. The van der Waals surface area contributed by atoms with Crippen molar-refractivity contribution >= 4 is 45.3 Å². The molecule has 26 heteroatoms. The lowest BCUT2D eigenvalue weighted by atomic mass is 9.85. The van der Waals surface area contributed by atoms with Gasteiger partial charge in [0.25, 0.3) is 0 Å². The van der Waals surface area contributed by atoms with Crippen molar-refractivity contribution in [3.8, 4) is 0 Å². The van der Waals surface area contributed by atoms with Crippen molar-refractivity contribution in [3.63, 3.8) is 0 Å². The number of carboxylic acid groups (broad SMARTS) is 2. The number of hydrogen-bond donors (Lipinski definition) is 12. The molecule has 12 N–H and O–H groups in total. The molecule has 0 aliphatic carbocycles. The van der Waals surface area contributed by atoms with Crippen LogP contribution >= 0.6 is 21.6 Å². The van der Waals surface area contributed by atoms with Crippen molar-refractivity contribution in [2.75, 3.05) is 78.5 Å². The van der Waals surface area contributed by atoms with Gasteiger partial charge in [-0.3, -0.25) is 9.59 Å². The molecule has 66 heavy (non-hydrogen) atoms. The first-order valence-corrected chi connectivity index (χ1v) is 24.4. The van der Waals surface area contributed by atoms with Crippen molar-refractivity contribution in [1.29, 1.82) is 0 Å². The molecule has 0 bridgehead atoms. The van der Waals surface area contributed by atoms with E-state index < -0.39 is 158 Å². The molecule has 4 heterocycles. The SMILES string of the molecule is CC[C@@H]1C(C(=O)O)O[C@@H](COC[C@@H]2C(C(=O)NCCSSCCNC(=O)C3O[C@@H](COC)C(O)C(O)[C@@H]3COC[C@@H]3OC(C(=O)O)[C@@H](CC)[C@@H](O)C3O)O[C@@H](COC)C(O)[C@@H]2O)C(O)C1O. The van der Waals surface area contributed by atoms with Crippen LogP contribution in [-0.2, 0) is 57.1 Å². The third kappa shape index (κ3) is 14.3. The van der Waals surface area contributed by atoms with Crippen molar-refractivity contribution in [3.05, 3.63) is 0 Å². The Balaban J connectivity index is 1.24. The fourth-order valence-corrected chi connectivity index (χ4v) is 10.5. The summed E-state index contributed by atoms with van der Waals surface area (Å²) in [4.78, 5) is 50.4. The summed E-state index contributed by atoms with van der Waals surface area (Å²) < 4.78 is 44.4. The number of aliphatic hydroxyl groups is 8. The molecule has 4 aliphatic rings. The number of hydrogen-bond acceptors (Lipinski definition) is 22. The minimum atomic E-state index is -1.52. The first-order chi connectivity index (χ1) is 31.4. The lowest BCUT2D eigenvalue weighted by Crippen LogP contribution is -2.61. The highest BCUT2D eigenvalue weighted by molar-refractivity contribution is 8.76. The molecule has 0 radical (unpaired) electrons. The Labute approximate surface area is 389 Å². The minimum absolute atomic E-state index is 0.135. The number of carbonyl (C=O) groups excluding carboxylic acids is 2. The molecule has 0 aromatic heterocycles. The molecule has 4 aliphatic heterocycles. The predicted octanol–water partition coefficient (Wildman–Crippen LogP) is -4.66. The summed E-state index contributed by atoms with van der Waals surface area (Å²) in [5, 5.41) is 110. The van der Waals surface area contributed by atoms with E-state index in [1.807, 2.05) is 0 Å². The number of rotatable bonds is 25. The molecule has 0 aromatic rings. The second kappa shape index (κ2) is 27.4. The van der Waals surface area contributed by atoms with E-state index in [9.17, 15) is 70.2 Å². The molecule has 10 unspecified atom stereocenters. The fraction of sp³-hybridized carbons (Fsp3) is 0.900. The number of aliphatic hydroxyl groups excluding tert-OH is 8. The summed E-state index contributed by atoms with van der Waals surface area (Å²) in [7, 11) is 5.42. The molecule has 0 aromatic carbocycles. The zero-order valence-corrected chi connectivity index (χ0v) is 38.9. The van der Waals surface area contributed by atoms with Gasteiger partial charge in [-0.2, -0.15) is 0 Å². The fourth-order valence-electron chi connectivity index (χ4n) is 8.64. The first-order valence-electron chi connectivity index (χ1n) is 21.9. The monoisotopic (exact) mass is 992 g/mol. The topological polar surface area (TPSA) is 368 Å². The van der Waals surface area contributed by atoms with Gasteiger partial charge in [-0.05, 0) is 12.8 Å². The van der Waals surface area contributed by atoms with Crippen LogP contribution in [0.15, 0.2) is 0 Å². The highest BCUT2D eigenvalue weighted by Crippen LogP contribution is 2.33. The molecular weight excluding hydrogens is 925 g/mol. The number of methoxy groups -OCH3 is 2. The van der Waals surface area contributed by atoms with E-state index in [1.165, 1.54) is 35.8 Å². The Morgan fingerprint density at radius 2 is 0.758 bits per heavy atom. The highest BCUT2D eigenvalue weighted by Gasteiger charge is 2.51. The maximum atomic E-state index is 13.4. The van der Waals surface area contributed by atoms with Crippen LogP contribution in [0.3, 0.4) is 0 Å². The molecule has 4 rings (SSSR count). The van der Waals surface area contributed by atoms with E-state index in [2.05, 4.69) is 10.6 Å². The number of ether oxygens (including phenoxy) is 8. The third-order valence-electron chi connectivity index (χ3n) is 12.4. The summed E-state index contributed by atoms with van der Waals surface area (Å²) in [5.74, 6) is -7.09. The Hall–Kier alpha value is -2.06. The smallest absolute Gasteiger partial charge is 0.333 e. The van der Waals surface area contributed by atoms with Gasteiger partial charge in [0.1, 0.15) is 61.0 Å². The number of aliphatic carboxylic acids is 2. The van der Waals surface area contributed by atoms with Gasteiger partial charge < -0.3 is 99.6 Å². The lowest BCUT2D eigenvalue weighted by molar-refractivity contribution is -0.233. The van der Waals surface area contributed by atoms with E-state index in [0.717, 1.165) is 0 Å². The molecule has 382 valence electrons. The van der Waals surface area contributed by atoms with Crippen LogP contribution in [0.1, 0.15) is 26.7 Å². The van der Waals surface area contributed by atoms with Crippen molar-refractivity contribution in [1.82, 2.24) is 10.6 Å². The number of carbonyl (C=O) groups is 4. The molecule has 4 fully saturated rings. The number of carboxylic acids is 2. The van der Waals surface area contributed by atoms with Gasteiger partial charge >= 0.3 is 11.9 Å². The van der Waals surface area contributed by atoms with Crippen molar-refractivity contribution in [2.45, 2.75) is 124 Å². The summed E-state index contributed by atoms with van der Waals surface area (Å²) in [5.41, 5.74) is 0. The predicted molar refractivity (Wildman–Crippen MR) is 229 cm³/mol. The van der Waals surface area contributed by atoms with Gasteiger partial charge in [-0.1, -0.05) is 35.4 Å². The average molecular weight is 993 g/mol. The van der Waals surface area contributed by atoms with Crippen molar-refractivity contribution < 1.29 is 108 Å². The summed E-state index contributed by atoms with van der Waals surface area (Å²) in [6.45, 7) is 1.71. The second-order valence-corrected chi connectivity index (χ2v) is 19.4. The molecule has 2 amide bonds. The minimum Gasteiger partial charge on any atom is -0.479 e. The Morgan fingerprint density at radius 3 is 1.06 bits per heavy atom. The van der Waals surface area contributed by atoms with E-state index in [4.69, 9.17) is 37.9 Å². The van der Waals surface area contributed by atoms with Crippen LogP contribution in [0, 0.1) is 23.7 Å². The van der Waals surface area contributed by atoms with Crippen LogP contribution in [0.2, 0.25) is 0 Å². The first kappa shape index (κ1) is 56.5. The standard InChI is InChI=1S/C40H68N2O22S2/c1-5-17-25(43)31(49)23(63-35(17)39(53)54)15-59-11-19-27(45)29(47)21(13-57-3)61-33(19)37(51)41-7-9-65-66-10-8-42-38(52)34-20(28(46)30(48)22(62-34)14-58-4)12-60-16-24-32(50)26(44)18(6-2)36(64-24)40(55)56/h17-36,43-50H,5-16H2,1-4H3,(H,41,51)(H,42,52)(H,53,54)(H,55,56)/t17-,18-,19-,20-,21-,22-,23-,24-,25+,26?,27?,28+,29?,30?,31?,32?,33?,34?,35?,36?/m0/s1. The number of nitrogens with one attached hydrogen (secondary N) is 2. The van der Waals surface area contributed by atoms with Gasteiger partial charge in [-0.15, -0.1) is 0 Å². The average Bonchev–Trinajstić information content (AvgIpc) is 3.28. The maximum Gasteiger partial charge on any atom is 0.333 e. The van der Waals surface area contributed by atoms with Crippen LogP contribution in [0.25, 0.3) is 0 Å². The van der Waals surface area contributed by atoms with Gasteiger partial charge in [0.05, 0.1) is 64.1 Å². The zero-order chi connectivity index (χ0) is 48.8. The van der Waals surface area contributed by atoms with Gasteiger partial charge in [0.2, 0.25) is 11.8 Å². The van der Waals surface area contributed by atoms with Gasteiger partial charge in [0.15, 0.2) is 12.2 Å². The van der Waals surface area contributed by atoms with Gasteiger partial charge in [-0.25, -0.2) is 9.59 Å². The molecule has 24 nitrogen and oxygen atoms in total. The molecule has 20 atom stereocenters. The zero-order valence-electron chi connectivity index (χ0n) is 37.2. The Bertz CT molecular complexity index is 1420. The third-order valence-corrected chi connectivity index (χ3v) is 14.8. The van der Waals surface area contributed by atoms with Crippen LogP contribution < -0.4 is 10.6 Å². The lowest BCUT2D eigenvalue weighted by Gasteiger charge is -2.43. The largest absolute Gasteiger partial charge is 0.479 e. The van der Waals surface area contributed by atoms with Crippen molar-refractivity contribution in [2.24, 2.45) is 23.7 Å². The molecule has 0 spiro atoms. The molecule has 4 saturated heterocycles. The summed E-state index contributed by atoms with van der Waals surface area (Å²) in [6, 6.07) is 0. The van der Waals surface area contributed by atoms with Crippen LogP contribution in [-0.4, -0.2) is 251 Å². The second-order valence-electron chi connectivity index (χ2n) is 16.7. The summed E-state index contributed by atoms with van der Waals surface area (Å²) >= 11 is 0. The Morgan fingerprint density at radius 1 is 0.455 bits per heavy atom. The number of amides is 2. The Kier molecular flexibility index (Phi) is 23.4. The van der Waals surface area contributed by atoms with E-state index in [0.29, 0.717) is 11.5 Å². The van der Waals surface area contributed by atoms with Crippen LogP contribution in [0.5, 0.6) is 0 Å². The van der Waals surface area contributed by atoms with E-state index in [-0.39, 0.29) is 52.4 Å². The maximum absolute atomic E-state index is 13.4. The normalized spacial score (nSPS) is 39.5. The van der Waals surface area contributed by atoms with E-state index >= 15 is 0 Å². The quantitative estimate of drug-likeness (QED) is 0.0302. The van der Waals surface area contributed by atoms with Crippen LogP contribution in [0.4, 0.5) is 0 Å². The molecular formula is C40H68N2O22S2.